The molecule has 0 radical (unpaired) electrons. The molecule has 1 aliphatic carbocycles. The summed E-state index contributed by atoms with van der Waals surface area (Å²) in [4.78, 5) is 20.2. The van der Waals surface area contributed by atoms with Gasteiger partial charge in [-0.3, -0.25) is 4.79 Å². The lowest BCUT2D eigenvalue weighted by Crippen LogP contribution is -2.38. The van der Waals surface area contributed by atoms with E-state index >= 15 is 0 Å². The van der Waals surface area contributed by atoms with E-state index in [0.29, 0.717) is 17.7 Å². The number of hydrogen-bond donors (Lipinski definition) is 2. The first-order valence-corrected chi connectivity index (χ1v) is 12.6. The van der Waals surface area contributed by atoms with Crippen molar-refractivity contribution in [3.8, 4) is 0 Å². The fraction of sp³-hybridized carbons (Fsp3) is 0.538. The van der Waals surface area contributed by atoms with Crippen LogP contribution >= 0.6 is 11.8 Å². The molecular weight excluding hydrogens is 402 g/mol. The maximum atomic E-state index is 12.9. The molecule has 3 rings (SSSR count). The van der Waals surface area contributed by atoms with Gasteiger partial charge >= 0.3 is 0 Å². The molecule has 1 heterocycles. The fourth-order valence-corrected chi connectivity index (χ4v) is 4.42. The van der Waals surface area contributed by atoms with Crippen LogP contribution < -0.4 is 5.32 Å². The van der Waals surface area contributed by atoms with E-state index in [0.717, 1.165) is 36.4 Å². The van der Waals surface area contributed by atoms with E-state index < -0.39 is 0 Å². The van der Waals surface area contributed by atoms with Crippen molar-refractivity contribution in [1.29, 1.82) is 0 Å². The Bertz CT molecular complexity index is 955. The van der Waals surface area contributed by atoms with Crippen molar-refractivity contribution in [2.45, 2.75) is 65.8 Å². The highest BCUT2D eigenvalue weighted by Gasteiger charge is 2.26. The number of imidazole rings is 1. The van der Waals surface area contributed by atoms with Gasteiger partial charge in [0.25, 0.3) is 0 Å². The van der Waals surface area contributed by atoms with Gasteiger partial charge in [-0.25, -0.2) is 4.98 Å². The number of ketones is 1. The van der Waals surface area contributed by atoms with Gasteiger partial charge in [0.2, 0.25) is 5.78 Å². The van der Waals surface area contributed by atoms with Crippen molar-refractivity contribution in [2.75, 3.05) is 18.6 Å². The molecule has 0 spiro atoms. The van der Waals surface area contributed by atoms with Crippen molar-refractivity contribution >= 4 is 23.1 Å². The van der Waals surface area contributed by atoms with E-state index in [1.807, 2.05) is 18.7 Å². The van der Waals surface area contributed by atoms with Crippen LogP contribution in [0.25, 0.3) is 5.57 Å². The number of aromatic amines is 1. The summed E-state index contributed by atoms with van der Waals surface area (Å²) >= 11 is 1.85. The first-order valence-electron chi connectivity index (χ1n) is 11.2. The number of carbonyl (C=O) groups is 1. The van der Waals surface area contributed by atoms with Crippen LogP contribution in [0, 0.1) is 12.3 Å². The standard InChI is InChI=1S/C26H37N3OS/c1-18-17-27-24(29-18)23(30)15-20-7-8-21(26(4,5)28-13-14-31-6)16-22(20)19-9-11-25(2,3)12-10-19/h7-9,16-17,28H,10-15H2,1-6H3,(H,27,29). The van der Waals surface area contributed by atoms with Gasteiger partial charge in [0, 0.05) is 36.1 Å². The lowest BCUT2D eigenvalue weighted by Gasteiger charge is -2.31. The molecule has 0 atom stereocenters. The summed E-state index contributed by atoms with van der Waals surface area (Å²) in [6, 6.07) is 6.64. The third-order valence-electron chi connectivity index (χ3n) is 6.34. The molecular formula is C26H37N3OS. The molecule has 0 saturated heterocycles. The molecule has 0 amide bonds. The molecule has 4 nitrogen and oxygen atoms in total. The number of Topliss-reactive ketones (excluding diaryl/α,β-unsaturated/α-hetero) is 1. The quantitative estimate of drug-likeness (QED) is 0.376. The molecule has 1 aliphatic rings. The van der Waals surface area contributed by atoms with Crippen LogP contribution in [0.1, 0.15) is 80.0 Å². The monoisotopic (exact) mass is 439 g/mol. The van der Waals surface area contributed by atoms with Gasteiger partial charge in [-0.15, -0.1) is 0 Å². The van der Waals surface area contributed by atoms with E-state index in [9.17, 15) is 4.79 Å². The van der Waals surface area contributed by atoms with Crippen molar-refractivity contribution in [3.05, 3.63) is 58.7 Å². The number of allylic oxidation sites excluding steroid dienone is 2. The van der Waals surface area contributed by atoms with Crippen molar-refractivity contribution in [2.24, 2.45) is 5.41 Å². The lowest BCUT2D eigenvalue weighted by molar-refractivity contribution is 0.0984. The Morgan fingerprint density at radius 3 is 2.71 bits per heavy atom. The van der Waals surface area contributed by atoms with E-state index in [2.05, 4.69) is 73.5 Å². The predicted octanol–water partition coefficient (Wildman–Crippen LogP) is 5.92. The summed E-state index contributed by atoms with van der Waals surface area (Å²) in [6.45, 7) is 12.0. The molecule has 5 heteroatoms. The molecule has 0 bridgehead atoms. The van der Waals surface area contributed by atoms with Gasteiger partial charge in [-0.1, -0.05) is 32.1 Å². The smallest absolute Gasteiger partial charge is 0.202 e. The fourth-order valence-electron chi connectivity index (χ4n) is 4.12. The summed E-state index contributed by atoms with van der Waals surface area (Å²) < 4.78 is 0. The van der Waals surface area contributed by atoms with Crippen LogP contribution in [0.3, 0.4) is 0 Å². The molecule has 0 fully saturated rings. The zero-order valence-electron chi connectivity index (χ0n) is 19.9. The second kappa shape index (κ2) is 9.74. The zero-order valence-corrected chi connectivity index (χ0v) is 20.7. The maximum Gasteiger partial charge on any atom is 0.202 e. The minimum Gasteiger partial charge on any atom is -0.340 e. The van der Waals surface area contributed by atoms with Crippen molar-refractivity contribution in [3.63, 3.8) is 0 Å². The Morgan fingerprint density at radius 1 is 1.32 bits per heavy atom. The van der Waals surface area contributed by atoms with Crippen LogP contribution in [0.5, 0.6) is 0 Å². The summed E-state index contributed by atoms with van der Waals surface area (Å²) in [7, 11) is 0. The third kappa shape index (κ3) is 6.11. The average Bonchev–Trinajstić information content (AvgIpc) is 3.15. The molecule has 0 aliphatic heterocycles. The number of nitrogens with one attached hydrogen (secondary N) is 2. The van der Waals surface area contributed by atoms with E-state index in [1.54, 1.807) is 6.20 Å². The predicted molar refractivity (Wildman–Crippen MR) is 133 cm³/mol. The van der Waals surface area contributed by atoms with Gasteiger partial charge in [0.15, 0.2) is 5.82 Å². The Labute approximate surface area is 191 Å². The average molecular weight is 440 g/mol. The molecule has 1 aromatic carbocycles. The highest BCUT2D eigenvalue weighted by atomic mass is 32.2. The number of rotatable bonds is 9. The normalized spacial score (nSPS) is 16.3. The number of benzene rings is 1. The van der Waals surface area contributed by atoms with E-state index in [4.69, 9.17) is 0 Å². The summed E-state index contributed by atoms with van der Waals surface area (Å²) in [6.07, 6.45) is 9.90. The summed E-state index contributed by atoms with van der Waals surface area (Å²) in [5, 5.41) is 3.69. The molecule has 0 unspecified atom stereocenters. The SMILES string of the molecule is CSCCNC(C)(C)c1ccc(CC(=O)c2ncc(C)[nH]2)c(C2=CCC(C)(C)CC2)c1. The number of H-pyrrole nitrogens is 1. The Kier molecular flexibility index (Phi) is 7.48. The molecule has 168 valence electrons. The highest BCUT2D eigenvalue weighted by Crippen LogP contribution is 2.39. The Balaban J connectivity index is 1.94. The van der Waals surface area contributed by atoms with E-state index in [1.165, 1.54) is 23.1 Å². The maximum absolute atomic E-state index is 12.9. The van der Waals surface area contributed by atoms with Gasteiger partial charge in [0.1, 0.15) is 0 Å². The van der Waals surface area contributed by atoms with Crippen LogP contribution in [-0.4, -0.2) is 34.3 Å². The van der Waals surface area contributed by atoms with Gasteiger partial charge in [-0.05, 0) is 80.0 Å². The Morgan fingerprint density at radius 2 is 2.10 bits per heavy atom. The lowest BCUT2D eigenvalue weighted by atomic mass is 9.75. The summed E-state index contributed by atoms with van der Waals surface area (Å²) in [5.41, 5.74) is 6.09. The number of hydrogen-bond acceptors (Lipinski definition) is 4. The van der Waals surface area contributed by atoms with Crippen molar-refractivity contribution in [1.82, 2.24) is 15.3 Å². The highest BCUT2D eigenvalue weighted by molar-refractivity contribution is 7.98. The second-order valence-corrected chi connectivity index (χ2v) is 11.0. The molecule has 0 saturated carbocycles. The van der Waals surface area contributed by atoms with Crippen LogP contribution in [0.4, 0.5) is 0 Å². The number of aryl methyl sites for hydroxylation is 1. The molecule has 1 aromatic heterocycles. The number of carbonyl (C=O) groups excluding carboxylic acids is 1. The zero-order chi connectivity index (χ0) is 22.6. The van der Waals surface area contributed by atoms with Gasteiger partial charge in [0.05, 0.1) is 0 Å². The second-order valence-electron chi connectivity index (χ2n) is 10.0. The van der Waals surface area contributed by atoms with Crippen LogP contribution in [-0.2, 0) is 12.0 Å². The molecule has 2 aromatic rings. The third-order valence-corrected chi connectivity index (χ3v) is 6.95. The largest absolute Gasteiger partial charge is 0.340 e. The first kappa shape index (κ1) is 23.8. The first-order chi connectivity index (χ1) is 14.6. The van der Waals surface area contributed by atoms with Crippen LogP contribution in [0.15, 0.2) is 30.5 Å². The number of nitrogens with zero attached hydrogens (tertiary/aromatic N) is 1. The number of aromatic nitrogens is 2. The Hall–Kier alpha value is -1.85. The van der Waals surface area contributed by atoms with Gasteiger partial charge < -0.3 is 10.3 Å². The topological polar surface area (TPSA) is 57.8 Å². The molecule has 31 heavy (non-hydrogen) atoms. The summed E-state index contributed by atoms with van der Waals surface area (Å²) in [5.74, 6) is 1.58. The van der Waals surface area contributed by atoms with Crippen LogP contribution in [0.2, 0.25) is 0 Å². The minimum atomic E-state index is -0.125. The van der Waals surface area contributed by atoms with Crippen molar-refractivity contribution < 1.29 is 4.79 Å². The number of thioether (sulfide) groups is 1. The minimum absolute atomic E-state index is 0.0381. The van der Waals surface area contributed by atoms with E-state index in [-0.39, 0.29) is 11.3 Å². The molecule has 2 N–H and O–H groups in total. The van der Waals surface area contributed by atoms with Gasteiger partial charge in [-0.2, -0.15) is 11.8 Å².